The fraction of sp³-hybridized carbons (Fsp3) is 0.0667. The highest BCUT2D eigenvalue weighted by atomic mass is 19.4. The standard InChI is InChI=1S/C15H10F5N3O3/c16-7-3-8(17)5-9(4-7)22-14(25)23-12-6-10(26-15(18,19)20)1-2-11(12)13(21)24/h1-6H,(H2,21,24)(H2,22,23,25). The Labute approximate surface area is 142 Å². The number of nitrogens with two attached hydrogens (primary N) is 1. The second-order valence-electron chi connectivity index (χ2n) is 4.86. The third kappa shape index (κ3) is 5.33. The van der Waals surface area contributed by atoms with Crippen molar-refractivity contribution in [1.29, 1.82) is 0 Å². The number of nitrogens with one attached hydrogen (secondary N) is 2. The Balaban J connectivity index is 2.23. The first-order valence-corrected chi connectivity index (χ1v) is 6.77. The van der Waals surface area contributed by atoms with E-state index in [9.17, 15) is 31.5 Å². The minimum Gasteiger partial charge on any atom is -0.406 e. The number of halogens is 5. The van der Waals surface area contributed by atoms with E-state index in [1.165, 1.54) is 0 Å². The number of amides is 3. The molecule has 0 saturated heterocycles. The van der Waals surface area contributed by atoms with Gasteiger partial charge in [0.2, 0.25) is 0 Å². The summed E-state index contributed by atoms with van der Waals surface area (Å²) < 4.78 is 66.7. The van der Waals surface area contributed by atoms with Crippen LogP contribution in [0.5, 0.6) is 5.75 Å². The number of hydrogen-bond donors (Lipinski definition) is 3. The highest BCUT2D eigenvalue weighted by molar-refractivity contribution is 6.06. The van der Waals surface area contributed by atoms with Crippen LogP contribution in [0.15, 0.2) is 36.4 Å². The lowest BCUT2D eigenvalue weighted by atomic mass is 10.1. The smallest absolute Gasteiger partial charge is 0.406 e. The predicted octanol–water partition coefficient (Wildman–Crippen LogP) is 3.61. The lowest BCUT2D eigenvalue weighted by Crippen LogP contribution is -2.23. The molecule has 138 valence electrons. The van der Waals surface area contributed by atoms with Gasteiger partial charge in [-0.2, -0.15) is 0 Å². The fourth-order valence-corrected chi connectivity index (χ4v) is 1.95. The summed E-state index contributed by atoms with van der Waals surface area (Å²) in [5.41, 5.74) is 4.13. The first-order chi connectivity index (χ1) is 12.0. The molecule has 3 amide bonds. The number of ether oxygens (including phenoxy) is 1. The summed E-state index contributed by atoms with van der Waals surface area (Å²) in [4.78, 5) is 23.2. The minimum atomic E-state index is -4.99. The Morgan fingerprint density at radius 2 is 1.58 bits per heavy atom. The molecule has 11 heteroatoms. The monoisotopic (exact) mass is 375 g/mol. The SMILES string of the molecule is NC(=O)c1ccc(OC(F)(F)F)cc1NC(=O)Nc1cc(F)cc(F)c1. The average molecular weight is 375 g/mol. The third-order valence-electron chi connectivity index (χ3n) is 2.86. The van der Waals surface area contributed by atoms with E-state index in [1.54, 1.807) is 0 Å². The van der Waals surface area contributed by atoms with Crippen LogP contribution >= 0.6 is 0 Å². The Bertz CT molecular complexity index is 835. The normalized spacial score (nSPS) is 11.0. The number of benzene rings is 2. The molecule has 0 aliphatic rings. The van der Waals surface area contributed by atoms with E-state index in [0.29, 0.717) is 6.07 Å². The van der Waals surface area contributed by atoms with Crippen LogP contribution in [0.2, 0.25) is 0 Å². The van der Waals surface area contributed by atoms with Crippen LogP contribution in [0.1, 0.15) is 10.4 Å². The molecule has 0 saturated carbocycles. The lowest BCUT2D eigenvalue weighted by Gasteiger charge is -2.14. The van der Waals surface area contributed by atoms with Gasteiger partial charge in [-0.3, -0.25) is 4.79 Å². The van der Waals surface area contributed by atoms with Crippen molar-refractivity contribution in [1.82, 2.24) is 0 Å². The van der Waals surface area contributed by atoms with Gasteiger partial charge in [-0.15, -0.1) is 13.2 Å². The van der Waals surface area contributed by atoms with Gasteiger partial charge in [-0.1, -0.05) is 0 Å². The van der Waals surface area contributed by atoms with E-state index >= 15 is 0 Å². The van der Waals surface area contributed by atoms with Crippen molar-refractivity contribution in [3.8, 4) is 5.75 Å². The topological polar surface area (TPSA) is 93.5 Å². The number of anilines is 2. The molecule has 0 fully saturated rings. The van der Waals surface area contributed by atoms with Gasteiger partial charge in [-0.25, -0.2) is 13.6 Å². The zero-order valence-electron chi connectivity index (χ0n) is 12.7. The summed E-state index contributed by atoms with van der Waals surface area (Å²) in [6.45, 7) is 0. The summed E-state index contributed by atoms with van der Waals surface area (Å²) in [5.74, 6) is -3.66. The molecule has 2 aromatic carbocycles. The minimum absolute atomic E-state index is 0.261. The van der Waals surface area contributed by atoms with Crippen LogP contribution in [0.3, 0.4) is 0 Å². The van der Waals surface area contributed by atoms with Gasteiger partial charge < -0.3 is 21.1 Å². The Morgan fingerprint density at radius 1 is 0.962 bits per heavy atom. The molecular formula is C15H10F5N3O3. The van der Waals surface area contributed by atoms with Crippen LogP contribution < -0.4 is 21.1 Å². The molecule has 0 radical (unpaired) electrons. The van der Waals surface area contributed by atoms with Gasteiger partial charge >= 0.3 is 12.4 Å². The van der Waals surface area contributed by atoms with E-state index in [1.807, 2.05) is 0 Å². The summed E-state index contributed by atoms with van der Waals surface area (Å²) in [6, 6.07) is 3.58. The molecule has 0 bridgehead atoms. The molecule has 26 heavy (non-hydrogen) atoms. The number of alkyl halides is 3. The van der Waals surface area contributed by atoms with Crippen molar-refractivity contribution in [2.24, 2.45) is 5.73 Å². The van der Waals surface area contributed by atoms with Crippen molar-refractivity contribution in [2.45, 2.75) is 6.36 Å². The number of rotatable bonds is 4. The van der Waals surface area contributed by atoms with Crippen molar-refractivity contribution in [2.75, 3.05) is 10.6 Å². The summed E-state index contributed by atoms with van der Waals surface area (Å²) in [7, 11) is 0. The molecular weight excluding hydrogens is 365 g/mol. The van der Waals surface area contributed by atoms with Crippen LogP contribution in [-0.2, 0) is 0 Å². The molecule has 0 spiro atoms. The summed E-state index contributed by atoms with van der Waals surface area (Å²) in [5, 5.41) is 4.12. The Hall–Kier alpha value is -3.37. The number of urea groups is 1. The quantitative estimate of drug-likeness (QED) is 0.713. The Morgan fingerprint density at radius 3 is 2.12 bits per heavy atom. The third-order valence-corrected chi connectivity index (χ3v) is 2.86. The number of hydrogen-bond acceptors (Lipinski definition) is 3. The summed E-state index contributed by atoms with van der Waals surface area (Å²) in [6.07, 6.45) is -4.99. The average Bonchev–Trinajstić information content (AvgIpc) is 2.43. The zero-order chi connectivity index (χ0) is 19.5. The molecule has 0 aliphatic heterocycles. The van der Waals surface area contributed by atoms with Gasteiger partial charge in [0.25, 0.3) is 5.91 Å². The van der Waals surface area contributed by atoms with Crippen molar-refractivity contribution in [3.05, 3.63) is 53.6 Å². The van der Waals surface area contributed by atoms with Gasteiger partial charge in [0.15, 0.2) is 0 Å². The van der Waals surface area contributed by atoms with Crippen LogP contribution in [0.4, 0.5) is 38.1 Å². The van der Waals surface area contributed by atoms with Gasteiger partial charge in [-0.05, 0) is 24.3 Å². The summed E-state index contributed by atoms with van der Waals surface area (Å²) >= 11 is 0. The molecule has 0 heterocycles. The van der Waals surface area contributed by atoms with E-state index in [2.05, 4.69) is 15.4 Å². The van der Waals surface area contributed by atoms with Gasteiger partial charge in [0.05, 0.1) is 11.3 Å². The van der Waals surface area contributed by atoms with Gasteiger partial charge in [0.1, 0.15) is 17.4 Å². The maximum Gasteiger partial charge on any atom is 0.573 e. The van der Waals surface area contributed by atoms with E-state index in [4.69, 9.17) is 5.73 Å². The molecule has 2 aromatic rings. The maximum absolute atomic E-state index is 13.1. The highest BCUT2D eigenvalue weighted by Gasteiger charge is 2.31. The number of carbonyl (C=O) groups excluding carboxylic acids is 2. The second-order valence-corrected chi connectivity index (χ2v) is 4.86. The second kappa shape index (κ2) is 7.25. The highest BCUT2D eigenvalue weighted by Crippen LogP contribution is 2.28. The van der Waals surface area contributed by atoms with Crippen LogP contribution in [0, 0.1) is 11.6 Å². The first kappa shape index (κ1) is 19.0. The largest absolute Gasteiger partial charge is 0.573 e. The van der Waals surface area contributed by atoms with Crippen molar-refractivity contribution < 1.29 is 36.3 Å². The zero-order valence-corrected chi connectivity index (χ0v) is 12.7. The molecule has 0 unspecified atom stereocenters. The van der Waals surface area contributed by atoms with E-state index in [0.717, 1.165) is 30.3 Å². The van der Waals surface area contributed by atoms with Crippen molar-refractivity contribution >= 4 is 23.3 Å². The van der Waals surface area contributed by atoms with E-state index in [-0.39, 0.29) is 11.3 Å². The molecule has 0 aliphatic carbocycles. The predicted molar refractivity (Wildman–Crippen MR) is 80.6 cm³/mol. The Kier molecular flexibility index (Phi) is 5.29. The molecule has 0 atom stereocenters. The molecule has 4 N–H and O–H groups in total. The maximum atomic E-state index is 13.1. The molecule has 0 aromatic heterocycles. The first-order valence-electron chi connectivity index (χ1n) is 6.77. The van der Waals surface area contributed by atoms with Crippen molar-refractivity contribution in [3.63, 3.8) is 0 Å². The lowest BCUT2D eigenvalue weighted by molar-refractivity contribution is -0.274. The number of carbonyl (C=O) groups is 2. The van der Waals surface area contributed by atoms with E-state index < -0.39 is 41.4 Å². The van der Waals surface area contributed by atoms with Crippen LogP contribution in [0.25, 0.3) is 0 Å². The van der Waals surface area contributed by atoms with Gasteiger partial charge in [0, 0.05) is 17.8 Å². The number of primary amides is 1. The fourth-order valence-electron chi connectivity index (χ4n) is 1.95. The molecule has 6 nitrogen and oxygen atoms in total. The van der Waals surface area contributed by atoms with Crippen LogP contribution in [-0.4, -0.2) is 18.3 Å². The molecule has 2 rings (SSSR count).